The van der Waals surface area contributed by atoms with Crippen LogP contribution in [-0.4, -0.2) is 71.1 Å². The van der Waals surface area contributed by atoms with E-state index < -0.39 is 11.7 Å². The number of aromatic amines is 1. The molecule has 1 fully saturated rings. The number of unbranched alkanes of at least 4 members (excludes halogenated alkanes) is 1. The smallest absolute Gasteiger partial charge is 0.416 e. The lowest BCUT2D eigenvalue weighted by Crippen LogP contribution is -2.29. The molecular formula is C26H32F3N5O. The molecule has 0 saturated carbocycles. The monoisotopic (exact) mass is 487 g/mol. The van der Waals surface area contributed by atoms with E-state index in [0.29, 0.717) is 35.3 Å². The van der Waals surface area contributed by atoms with E-state index in [2.05, 4.69) is 31.8 Å². The van der Waals surface area contributed by atoms with Gasteiger partial charge in [-0.15, -0.1) is 0 Å². The fourth-order valence-electron chi connectivity index (χ4n) is 4.29. The summed E-state index contributed by atoms with van der Waals surface area (Å²) in [5.74, 6) is 1.07. The number of likely N-dealkylation sites (N-methyl/N-ethyl adjacent to an activating group) is 1. The summed E-state index contributed by atoms with van der Waals surface area (Å²) < 4.78 is 45.2. The second-order valence-electron chi connectivity index (χ2n) is 9.07. The van der Waals surface area contributed by atoms with E-state index >= 15 is 0 Å². The van der Waals surface area contributed by atoms with Crippen molar-refractivity contribution in [2.45, 2.75) is 32.4 Å². The SMILES string of the molecule is Cc1[nH]c(-c2ccnc(OCCCCN3CCCN(C)CC3)c2)nc1-c1cccc(C(F)(F)F)c1. The predicted molar refractivity (Wildman–Crippen MR) is 130 cm³/mol. The van der Waals surface area contributed by atoms with Gasteiger partial charge in [-0.05, 0) is 71.1 Å². The maximum absolute atomic E-state index is 13.1. The molecule has 1 aliphatic rings. The van der Waals surface area contributed by atoms with Gasteiger partial charge in [0.1, 0.15) is 5.82 Å². The lowest BCUT2D eigenvalue weighted by atomic mass is 10.1. The summed E-state index contributed by atoms with van der Waals surface area (Å²) in [5, 5.41) is 0. The Labute approximate surface area is 204 Å². The van der Waals surface area contributed by atoms with Gasteiger partial charge in [0.25, 0.3) is 0 Å². The largest absolute Gasteiger partial charge is 0.478 e. The minimum atomic E-state index is -4.40. The number of rotatable bonds is 8. The van der Waals surface area contributed by atoms with Crippen LogP contribution in [0.3, 0.4) is 0 Å². The Hall–Kier alpha value is -2.91. The van der Waals surface area contributed by atoms with Crippen LogP contribution in [-0.2, 0) is 6.18 Å². The van der Waals surface area contributed by atoms with Crippen molar-refractivity contribution in [1.82, 2.24) is 24.8 Å². The summed E-state index contributed by atoms with van der Waals surface area (Å²) in [7, 11) is 2.18. The van der Waals surface area contributed by atoms with Gasteiger partial charge in [-0.2, -0.15) is 13.2 Å². The molecular weight excluding hydrogens is 455 g/mol. The number of aromatic nitrogens is 3. The number of aryl methyl sites for hydroxylation is 1. The normalized spacial score (nSPS) is 15.8. The molecule has 1 saturated heterocycles. The first-order valence-corrected chi connectivity index (χ1v) is 12.0. The summed E-state index contributed by atoms with van der Waals surface area (Å²) in [6.45, 7) is 8.01. The van der Waals surface area contributed by atoms with E-state index in [4.69, 9.17) is 4.74 Å². The predicted octanol–water partition coefficient (Wildman–Crippen LogP) is 5.26. The zero-order chi connectivity index (χ0) is 24.8. The van der Waals surface area contributed by atoms with Gasteiger partial charge in [-0.3, -0.25) is 0 Å². The van der Waals surface area contributed by atoms with Crippen LogP contribution in [0.15, 0.2) is 42.6 Å². The lowest BCUT2D eigenvalue weighted by molar-refractivity contribution is -0.137. The van der Waals surface area contributed by atoms with Crippen LogP contribution in [0.1, 0.15) is 30.5 Å². The number of imidazole rings is 1. The molecule has 6 nitrogen and oxygen atoms in total. The van der Waals surface area contributed by atoms with Crippen molar-refractivity contribution in [3.8, 4) is 28.5 Å². The third-order valence-corrected chi connectivity index (χ3v) is 6.29. The van der Waals surface area contributed by atoms with Crippen LogP contribution in [0.5, 0.6) is 5.88 Å². The number of nitrogens with zero attached hydrogens (tertiary/aromatic N) is 4. The fraction of sp³-hybridized carbons (Fsp3) is 0.462. The minimum Gasteiger partial charge on any atom is -0.478 e. The molecule has 1 N–H and O–H groups in total. The van der Waals surface area contributed by atoms with Gasteiger partial charge >= 0.3 is 6.18 Å². The quantitative estimate of drug-likeness (QED) is 0.439. The molecule has 3 aromatic rings. The summed E-state index contributed by atoms with van der Waals surface area (Å²) in [6.07, 6.45) is 0.481. The number of pyridine rings is 1. The van der Waals surface area contributed by atoms with Crippen molar-refractivity contribution in [3.05, 3.63) is 53.9 Å². The first kappa shape index (κ1) is 25.2. The Balaban J connectivity index is 1.34. The number of alkyl halides is 3. The molecule has 0 bridgehead atoms. The Morgan fingerprint density at radius 1 is 1.03 bits per heavy atom. The molecule has 9 heteroatoms. The molecule has 1 aromatic carbocycles. The van der Waals surface area contributed by atoms with E-state index in [0.717, 1.165) is 63.3 Å². The van der Waals surface area contributed by atoms with Crippen molar-refractivity contribution in [2.24, 2.45) is 0 Å². The number of hydrogen-bond donors (Lipinski definition) is 1. The second kappa shape index (κ2) is 11.2. The van der Waals surface area contributed by atoms with Gasteiger partial charge in [-0.25, -0.2) is 9.97 Å². The fourth-order valence-corrected chi connectivity index (χ4v) is 4.29. The molecule has 0 unspecified atom stereocenters. The van der Waals surface area contributed by atoms with Crippen LogP contribution >= 0.6 is 0 Å². The third-order valence-electron chi connectivity index (χ3n) is 6.29. The molecule has 2 aromatic heterocycles. The van der Waals surface area contributed by atoms with Crippen molar-refractivity contribution in [3.63, 3.8) is 0 Å². The minimum absolute atomic E-state index is 0.418. The Kier molecular flexibility index (Phi) is 8.07. The maximum atomic E-state index is 13.1. The van der Waals surface area contributed by atoms with Gasteiger partial charge in [0, 0.05) is 42.2 Å². The van der Waals surface area contributed by atoms with Crippen LogP contribution < -0.4 is 4.74 Å². The number of benzene rings is 1. The summed E-state index contributed by atoms with van der Waals surface area (Å²) in [6, 6.07) is 8.82. The van der Waals surface area contributed by atoms with Gasteiger partial charge in [0.2, 0.25) is 5.88 Å². The van der Waals surface area contributed by atoms with E-state index in [9.17, 15) is 13.2 Å². The lowest BCUT2D eigenvalue weighted by Gasteiger charge is -2.19. The van der Waals surface area contributed by atoms with E-state index in [1.54, 1.807) is 31.3 Å². The van der Waals surface area contributed by atoms with Crippen LogP contribution in [0.2, 0.25) is 0 Å². The molecule has 0 spiro atoms. The zero-order valence-electron chi connectivity index (χ0n) is 20.2. The average Bonchev–Trinajstić information content (AvgIpc) is 3.11. The topological polar surface area (TPSA) is 57.3 Å². The number of H-pyrrole nitrogens is 1. The highest BCUT2D eigenvalue weighted by Gasteiger charge is 2.30. The van der Waals surface area contributed by atoms with Gasteiger partial charge in [0.05, 0.1) is 17.9 Å². The van der Waals surface area contributed by atoms with Crippen molar-refractivity contribution >= 4 is 0 Å². The highest BCUT2D eigenvalue weighted by molar-refractivity contribution is 5.68. The molecule has 35 heavy (non-hydrogen) atoms. The number of hydrogen-bond acceptors (Lipinski definition) is 5. The molecule has 188 valence electrons. The number of halogens is 3. The molecule has 0 radical (unpaired) electrons. The Morgan fingerprint density at radius 2 is 1.89 bits per heavy atom. The van der Waals surface area contributed by atoms with Crippen molar-refractivity contribution in [1.29, 1.82) is 0 Å². The van der Waals surface area contributed by atoms with Crippen LogP contribution in [0, 0.1) is 6.92 Å². The first-order valence-electron chi connectivity index (χ1n) is 12.0. The maximum Gasteiger partial charge on any atom is 0.416 e. The zero-order valence-corrected chi connectivity index (χ0v) is 20.2. The third kappa shape index (κ3) is 6.82. The average molecular weight is 488 g/mol. The standard InChI is InChI=1S/C26H32F3N5O/c1-19-24(20-7-5-8-22(17-20)26(27,28)29)32-25(31-19)21-9-10-30-23(18-21)35-16-4-3-12-34-13-6-11-33(2)14-15-34/h5,7-10,17-18H,3-4,6,11-16H2,1-2H3,(H,31,32). The molecule has 0 aliphatic carbocycles. The molecule has 4 rings (SSSR count). The highest BCUT2D eigenvalue weighted by Crippen LogP contribution is 2.33. The number of nitrogens with one attached hydrogen (secondary N) is 1. The van der Waals surface area contributed by atoms with Crippen molar-refractivity contribution < 1.29 is 17.9 Å². The van der Waals surface area contributed by atoms with Gasteiger partial charge in [-0.1, -0.05) is 12.1 Å². The Bertz CT molecular complexity index is 1110. The Morgan fingerprint density at radius 3 is 2.71 bits per heavy atom. The van der Waals surface area contributed by atoms with Crippen molar-refractivity contribution in [2.75, 3.05) is 46.4 Å². The molecule has 3 heterocycles. The summed E-state index contributed by atoms with van der Waals surface area (Å²) >= 11 is 0. The van der Waals surface area contributed by atoms with E-state index in [1.165, 1.54) is 12.5 Å². The summed E-state index contributed by atoms with van der Waals surface area (Å²) in [4.78, 5) is 16.9. The van der Waals surface area contributed by atoms with Crippen LogP contribution in [0.25, 0.3) is 22.6 Å². The first-order chi connectivity index (χ1) is 16.8. The molecule has 0 amide bonds. The van der Waals surface area contributed by atoms with Gasteiger partial charge in [0.15, 0.2) is 0 Å². The van der Waals surface area contributed by atoms with Crippen LogP contribution in [0.4, 0.5) is 13.2 Å². The molecule has 1 aliphatic heterocycles. The number of ether oxygens (including phenoxy) is 1. The summed E-state index contributed by atoms with van der Waals surface area (Å²) in [5.41, 5.74) is 1.68. The second-order valence-corrected chi connectivity index (χ2v) is 9.07. The molecule has 0 atom stereocenters. The highest BCUT2D eigenvalue weighted by atomic mass is 19.4. The van der Waals surface area contributed by atoms with E-state index in [-0.39, 0.29) is 0 Å². The van der Waals surface area contributed by atoms with E-state index in [1.807, 2.05) is 0 Å². The van der Waals surface area contributed by atoms with Gasteiger partial charge < -0.3 is 19.5 Å².